The van der Waals surface area contributed by atoms with Gasteiger partial charge < -0.3 is 17.1 Å². The van der Waals surface area contributed by atoms with Crippen molar-refractivity contribution in [2.75, 3.05) is 6.61 Å². The lowest BCUT2D eigenvalue weighted by Gasteiger charge is -2.44. The maximum Gasteiger partial charge on any atom is 0.469 e. The Morgan fingerprint density at radius 1 is 0.786 bits per heavy atom. The third-order valence-electron chi connectivity index (χ3n) is 5.06. The first-order chi connectivity index (χ1) is 12.6. The van der Waals surface area contributed by atoms with E-state index in [1.54, 1.807) is 6.92 Å². The molecule has 0 aliphatic heterocycles. The molecule has 0 amide bonds. The van der Waals surface area contributed by atoms with Crippen LogP contribution in [0.2, 0.25) is 63.5 Å². The van der Waals surface area contributed by atoms with E-state index < -0.39 is 33.8 Å². The zero-order chi connectivity index (χ0) is 22.2. The van der Waals surface area contributed by atoms with Gasteiger partial charge in [-0.2, -0.15) is 0 Å². The van der Waals surface area contributed by atoms with Crippen LogP contribution in [0.1, 0.15) is 34.1 Å². The predicted octanol–water partition coefficient (Wildman–Crippen LogP) is 6.16. The molecule has 0 atom stereocenters. The third kappa shape index (κ3) is 10.7. The van der Waals surface area contributed by atoms with E-state index in [0.29, 0.717) is 24.6 Å². The van der Waals surface area contributed by atoms with Gasteiger partial charge in [-0.3, -0.25) is 0 Å². The van der Waals surface area contributed by atoms with Crippen LogP contribution in [0.15, 0.2) is 12.2 Å². The molecule has 28 heavy (non-hydrogen) atoms. The van der Waals surface area contributed by atoms with Crippen molar-refractivity contribution < 1.29 is 21.9 Å². The highest BCUT2D eigenvalue weighted by Crippen LogP contribution is 2.32. The highest BCUT2D eigenvalue weighted by atomic mass is 28.5. The summed E-state index contributed by atoms with van der Waals surface area (Å²) in [6.07, 6.45) is 0.682. The molecule has 0 spiro atoms. The predicted molar refractivity (Wildman–Crippen MR) is 128 cm³/mol. The van der Waals surface area contributed by atoms with Crippen molar-refractivity contribution in [2.24, 2.45) is 0 Å². The van der Waals surface area contributed by atoms with Crippen LogP contribution < -0.4 is 0 Å². The minimum absolute atomic E-state index is 0.340. The molecule has 0 saturated heterocycles. The third-order valence-corrected chi connectivity index (χ3v) is 21.5. The van der Waals surface area contributed by atoms with Crippen LogP contribution in [0, 0.1) is 0 Å². The second-order valence-electron chi connectivity index (χ2n) is 9.35. The second kappa shape index (κ2) is 11.4. The van der Waals surface area contributed by atoms with Crippen LogP contribution in [0.4, 0.5) is 0 Å². The number of hydrogen-bond acceptors (Lipinski definition) is 5. The first kappa shape index (κ1) is 28.0. The highest BCUT2D eigenvalue weighted by Gasteiger charge is 2.51. The van der Waals surface area contributed by atoms with E-state index in [1.807, 2.05) is 0 Å². The molecule has 166 valence electrons. The van der Waals surface area contributed by atoms with Crippen LogP contribution in [0.3, 0.4) is 0 Å². The number of esters is 1. The summed E-state index contributed by atoms with van der Waals surface area (Å²) in [5.74, 6) is -0.343. The van der Waals surface area contributed by atoms with E-state index in [1.165, 1.54) is 0 Å². The standard InChI is InChI=1S/C19H44O5Si4/c1-12-25(6,7)22-28(23-26(8,9)13-2,24-27(10,11)14-3)17-15-16-21-19(20)18(4)5/h4,12-17H2,1-3,5-11H3. The van der Waals surface area contributed by atoms with Crippen LogP contribution in [-0.2, 0) is 21.9 Å². The Morgan fingerprint density at radius 2 is 1.14 bits per heavy atom. The van der Waals surface area contributed by atoms with E-state index in [2.05, 4.69) is 66.6 Å². The SMILES string of the molecule is C=C(C)C(=O)OCCC[Si](O[Si](C)(C)CC)(O[Si](C)(C)CC)O[Si](C)(C)CC. The summed E-state index contributed by atoms with van der Waals surface area (Å²) in [4.78, 5) is 11.7. The molecule has 0 aromatic carbocycles. The average Bonchev–Trinajstić information content (AvgIpc) is 2.57. The molecule has 0 saturated carbocycles. The Bertz CT molecular complexity index is 475. The fourth-order valence-corrected chi connectivity index (χ4v) is 17.5. The maximum atomic E-state index is 11.7. The van der Waals surface area contributed by atoms with Gasteiger partial charge in [0, 0.05) is 11.6 Å². The number of hydrogen-bond donors (Lipinski definition) is 0. The Balaban J connectivity index is 5.67. The minimum Gasteiger partial charge on any atom is -0.462 e. The number of carbonyl (C=O) groups excluding carboxylic acids is 1. The Kier molecular flexibility index (Phi) is 11.4. The first-order valence-electron chi connectivity index (χ1n) is 10.6. The molecule has 0 fully saturated rings. The molecule has 0 N–H and O–H groups in total. The van der Waals surface area contributed by atoms with Gasteiger partial charge in [0.15, 0.2) is 25.0 Å². The zero-order valence-electron chi connectivity index (χ0n) is 20.0. The van der Waals surface area contributed by atoms with Crippen molar-refractivity contribution in [3.05, 3.63) is 12.2 Å². The van der Waals surface area contributed by atoms with E-state index in [0.717, 1.165) is 18.1 Å². The molecule has 9 heteroatoms. The van der Waals surface area contributed by atoms with Crippen LogP contribution in [0.25, 0.3) is 0 Å². The van der Waals surface area contributed by atoms with Gasteiger partial charge >= 0.3 is 14.8 Å². The van der Waals surface area contributed by atoms with Crippen LogP contribution in [0.5, 0.6) is 0 Å². The first-order valence-corrected chi connectivity index (χ1v) is 21.8. The molecule has 0 bridgehead atoms. The lowest BCUT2D eigenvalue weighted by atomic mass is 10.4. The Labute approximate surface area is 177 Å². The van der Waals surface area contributed by atoms with Gasteiger partial charge in [0.2, 0.25) is 0 Å². The molecule has 0 heterocycles. The zero-order valence-corrected chi connectivity index (χ0v) is 24.0. The topological polar surface area (TPSA) is 54.0 Å². The van der Waals surface area contributed by atoms with E-state index in [-0.39, 0.29) is 5.97 Å². The molecule has 0 unspecified atom stereocenters. The summed E-state index contributed by atoms with van der Waals surface area (Å²) in [7, 11) is -8.60. The average molecular weight is 465 g/mol. The van der Waals surface area contributed by atoms with Crippen molar-refractivity contribution in [3.63, 3.8) is 0 Å². The summed E-state index contributed by atoms with van der Waals surface area (Å²) in [5, 5.41) is 0. The Hall–Kier alpha value is -0.0425. The number of carbonyl (C=O) groups is 1. The van der Waals surface area contributed by atoms with Crippen molar-refractivity contribution in [1.82, 2.24) is 0 Å². The molecule has 5 nitrogen and oxygen atoms in total. The van der Waals surface area contributed by atoms with Crippen molar-refractivity contribution in [3.8, 4) is 0 Å². The number of ether oxygens (including phenoxy) is 1. The molecule has 0 aliphatic carbocycles. The van der Waals surface area contributed by atoms with Crippen LogP contribution >= 0.6 is 0 Å². The summed E-state index contributed by atoms with van der Waals surface area (Å²) >= 11 is 0. The monoisotopic (exact) mass is 464 g/mol. The molecule has 0 aliphatic rings. The lowest BCUT2D eigenvalue weighted by molar-refractivity contribution is -0.139. The van der Waals surface area contributed by atoms with Crippen molar-refractivity contribution >= 4 is 39.7 Å². The molecule has 0 aromatic heterocycles. The van der Waals surface area contributed by atoms with Crippen molar-refractivity contribution in [2.45, 2.75) is 97.6 Å². The smallest absolute Gasteiger partial charge is 0.462 e. The van der Waals surface area contributed by atoms with Gasteiger partial charge in [0.25, 0.3) is 0 Å². The Morgan fingerprint density at radius 3 is 1.43 bits per heavy atom. The molecular formula is C19H44O5Si4. The summed E-state index contributed by atoms with van der Waals surface area (Å²) in [6, 6.07) is 3.74. The second-order valence-corrected chi connectivity index (χ2v) is 26.3. The van der Waals surface area contributed by atoms with Crippen LogP contribution in [-0.4, -0.2) is 46.3 Å². The maximum absolute atomic E-state index is 11.7. The molecule has 0 rings (SSSR count). The quantitative estimate of drug-likeness (QED) is 0.133. The largest absolute Gasteiger partial charge is 0.469 e. The molecule has 0 radical (unpaired) electrons. The van der Waals surface area contributed by atoms with E-state index in [9.17, 15) is 4.79 Å². The van der Waals surface area contributed by atoms with Gasteiger partial charge in [0.05, 0.1) is 6.61 Å². The van der Waals surface area contributed by atoms with Gasteiger partial charge in [0.1, 0.15) is 0 Å². The molecular weight excluding hydrogens is 421 g/mol. The fourth-order valence-electron chi connectivity index (χ4n) is 2.27. The molecule has 0 aromatic rings. The minimum atomic E-state index is -2.89. The van der Waals surface area contributed by atoms with Gasteiger partial charge in [-0.15, -0.1) is 0 Å². The normalized spacial score (nSPS) is 13.5. The van der Waals surface area contributed by atoms with Crippen molar-refractivity contribution in [1.29, 1.82) is 0 Å². The summed E-state index contributed by atoms with van der Waals surface area (Å²) in [5.41, 5.74) is 0.422. The highest BCUT2D eigenvalue weighted by molar-refractivity contribution is 6.90. The summed E-state index contributed by atoms with van der Waals surface area (Å²) in [6.45, 7) is 25.6. The summed E-state index contributed by atoms with van der Waals surface area (Å²) < 4.78 is 25.9. The number of rotatable bonds is 14. The lowest BCUT2D eigenvalue weighted by Crippen LogP contribution is -2.61. The van der Waals surface area contributed by atoms with Gasteiger partial charge in [-0.1, -0.05) is 27.4 Å². The van der Waals surface area contributed by atoms with Gasteiger partial charge in [-0.25, -0.2) is 4.79 Å². The van der Waals surface area contributed by atoms with E-state index in [4.69, 9.17) is 17.1 Å². The van der Waals surface area contributed by atoms with E-state index >= 15 is 0 Å². The van der Waals surface area contributed by atoms with Gasteiger partial charge in [-0.05, 0) is 70.8 Å². The fraction of sp³-hybridized carbons (Fsp3) is 0.842.